The van der Waals surface area contributed by atoms with E-state index in [0.29, 0.717) is 62.3 Å². The number of sulfonamides is 1. The highest BCUT2D eigenvalue weighted by Crippen LogP contribution is 2.29. The Bertz CT molecular complexity index is 1230. The molecule has 2 aliphatic rings. The molecule has 1 unspecified atom stereocenters. The van der Waals surface area contributed by atoms with Crippen LogP contribution in [-0.2, 0) is 10.0 Å². The lowest BCUT2D eigenvalue weighted by Gasteiger charge is -2.31. The molecule has 0 saturated carbocycles. The second-order valence-electron chi connectivity index (χ2n) is 8.76. The third kappa shape index (κ3) is 4.50. The number of carbonyl (C=O) groups is 1. The fourth-order valence-corrected chi connectivity index (χ4v) is 5.81. The van der Waals surface area contributed by atoms with Crippen molar-refractivity contribution in [3.63, 3.8) is 0 Å². The Balaban J connectivity index is 1.28. The molecule has 2 aliphatic heterocycles. The summed E-state index contributed by atoms with van der Waals surface area (Å²) in [5, 5.41) is 4.10. The fourth-order valence-electron chi connectivity index (χ4n) is 4.39. The number of amides is 1. The van der Waals surface area contributed by atoms with Crippen LogP contribution in [0, 0.1) is 0 Å². The maximum atomic E-state index is 12.9. The number of aromatic nitrogens is 2. The third-order valence-corrected chi connectivity index (χ3v) is 8.36. The van der Waals surface area contributed by atoms with Crippen LogP contribution in [0.1, 0.15) is 35.2 Å². The van der Waals surface area contributed by atoms with Crippen molar-refractivity contribution in [3.8, 4) is 11.4 Å². The molecule has 1 aromatic carbocycles. The van der Waals surface area contributed by atoms with Crippen molar-refractivity contribution < 1.29 is 22.2 Å². The van der Waals surface area contributed by atoms with E-state index in [9.17, 15) is 13.2 Å². The minimum atomic E-state index is -3.53. The van der Waals surface area contributed by atoms with Crippen LogP contribution in [0.15, 0.2) is 56.5 Å². The van der Waals surface area contributed by atoms with Crippen molar-refractivity contribution >= 4 is 15.9 Å². The van der Waals surface area contributed by atoms with Gasteiger partial charge in [-0.25, -0.2) is 8.42 Å². The average molecular weight is 486 g/mol. The van der Waals surface area contributed by atoms with Crippen molar-refractivity contribution in [1.82, 2.24) is 24.2 Å². The van der Waals surface area contributed by atoms with E-state index in [0.717, 1.165) is 12.8 Å². The molecule has 2 fully saturated rings. The number of carbonyl (C=O) groups excluding carboxylic acids is 1. The molecule has 180 valence electrons. The Morgan fingerprint density at radius 3 is 2.53 bits per heavy atom. The lowest BCUT2D eigenvalue weighted by molar-refractivity contribution is 0.0663. The molecule has 11 heteroatoms. The Morgan fingerprint density at radius 2 is 1.82 bits per heavy atom. The first-order valence-corrected chi connectivity index (χ1v) is 12.8. The van der Waals surface area contributed by atoms with E-state index in [4.69, 9.17) is 8.94 Å². The van der Waals surface area contributed by atoms with E-state index in [1.807, 2.05) is 7.05 Å². The first-order valence-electron chi connectivity index (χ1n) is 11.4. The van der Waals surface area contributed by atoms with Gasteiger partial charge in [-0.15, -0.1) is 0 Å². The smallest absolute Gasteiger partial charge is 0.289 e. The minimum absolute atomic E-state index is 0.0641. The van der Waals surface area contributed by atoms with Gasteiger partial charge in [0.1, 0.15) is 0 Å². The van der Waals surface area contributed by atoms with Crippen molar-refractivity contribution in [3.05, 3.63) is 54.3 Å². The zero-order chi connectivity index (χ0) is 23.7. The summed E-state index contributed by atoms with van der Waals surface area (Å²) < 4.78 is 38.2. The van der Waals surface area contributed by atoms with Crippen LogP contribution in [0.2, 0.25) is 0 Å². The van der Waals surface area contributed by atoms with Gasteiger partial charge in [0.15, 0.2) is 5.76 Å². The molecule has 2 aromatic heterocycles. The number of hydrogen-bond donors (Lipinski definition) is 0. The summed E-state index contributed by atoms with van der Waals surface area (Å²) in [6.45, 7) is 3.53. The Hall–Kier alpha value is -3.02. The van der Waals surface area contributed by atoms with Gasteiger partial charge in [-0.05, 0) is 56.3 Å². The minimum Gasteiger partial charge on any atom is -0.459 e. The highest BCUT2D eigenvalue weighted by atomic mass is 32.2. The van der Waals surface area contributed by atoms with Crippen molar-refractivity contribution in [2.45, 2.75) is 23.7 Å². The van der Waals surface area contributed by atoms with E-state index in [1.165, 1.54) is 10.6 Å². The number of piperazine rings is 1. The molecule has 34 heavy (non-hydrogen) atoms. The highest BCUT2D eigenvalue weighted by Gasteiger charge is 2.31. The summed E-state index contributed by atoms with van der Waals surface area (Å²) in [6.07, 6.45) is 3.15. The molecular weight excluding hydrogens is 458 g/mol. The summed E-state index contributed by atoms with van der Waals surface area (Å²) in [5.41, 5.74) is 0.673. The zero-order valence-electron chi connectivity index (χ0n) is 19.0. The molecule has 1 amide bonds. The monoisotopic (exact) mass is 485 g/mol. The maximum Gasteiger partial charge on any atom is 0.289 e. The van der Waals surface area contributed by atoms with Gasteiger partial charge in [-0.3, -0.25) is 4.79 Å². The van der Waals surface area contributed by atoms with Gasteiger partial charge in [0, 0.05) is 44.8 Å². The van der Waals surface area contributed by atoms with Gasteiger partial charge < -0.3 is 18.7 Å². The van der Waals surface area contributed by atoms with Crippen LogP contribution in [-0.4, -0.2) is 84.9 Å². The number of furan rings is 1. The third-order valence-electron chi connectivity index (χ3n) is 6.44. The Labute approximate surface area is 198 Å². The van der Waals surface area contributed by atoms with E-state index < -0.39 is 10.0 Å². The van der Waals surface area contributed by atoms with Crippen LogP contribution in [0.25, 0.3) is 11.4 Å². The fraction of sp³-hybridized carbons (Fsp3) is 0.435. The summed E-state index contributed by atoms with van der Waals surface area (Å²) in [5.74, 6) is 0.977. The molecule has 4 heterocycles. The molecule has 5 rings (SSSR count). The molecule has 0 bridgehead atoms. The number of piperidine rings is 1. The van der Waals surface area contributed by atoms with Crippen molar-refractivity contribution in [2.75, 3.05) is 46.3 Å². The number of nitrogens with zero attached hydrogens (tertiary/aromatic N) is 5. The quantitative estimate of drug-likeness (QED) is 0.541. The molecule has 1 atom stereocenters. The molecule has 0 spiro atoms. The maximum absolute atomic E-state index is 12.9. The molecule has 0 aliphatic carbocycles. The van der Waals surface area contributed by atoms with Gasteiger partial charge in [0.05, 0.1) is 17.1 Å². The number of likely N-dealkylation sites (N-methyl/N-ethyl adjacent to an activating group) is 1. The summed E-state index contributed by atoms with van der Waals surface area (Å²) in [7, 11) is -1.55. The Kier molecular flexibility index (Phi) is 6.24. The largest absolute Gasteiger partial charge is 0.459 e. The van der Waals surface area contributed by atoms with Crippen LogP contribution >= 0.6 is 0 Å². The van der Waals surface area contributed by atoms with Crippen LogP contribution in [0.5, 0.6) is 0 Å². The molecule has 2 saturated heterocycles. The Morgan fingerprint density at radius 1 is 1.06 bits per heavy atom. The first-order chi connectivity index (χ1) is 16.4. The topological polar surface area (TPSA) is 113 Å². The lowest BCUT2D eigenvalue weighted by Crippen LogP contribution is -2.46. The molecule has 3 aromatic rings. The standard InChI is InChI=1S/C23H27N5O5S/c1-26-11-13-28(14-12-26)34(30,31)19-8-6-17(7-9-19)21-24-22(33-25-21)18-4-2-10-27(16-18)23(29)20-5-3-15-32-20/h3,5-9,15,18H,2,4,10-14,16H2,1H3. The normalized spacial score (nSPS) is 20.5. The number of likely N-dealkylation sites (tertiary alicyclic amines) is 1. The summed E-state index contributed by atoms with van der Waals surface area (Å²) in [4.78, 5) is 21.3. The molecule has 0 radical (unpaired) electrons. The van der Waals surface area contributed by atoms with Gasteiger partial charge in [0.25, 0.3) is 5.91 Å². The number of benzene rings is 1. The lowest BCUT2D eigenvalue weighted by atomic mass is 9.97. The van der Waals surface area contributed by atoms with Crippen LogP contribution in [0.3, 0.4) is 0 Å². The summed E-state index contributed by atoms with van der Waals surface area (Å²) in [6, 6.07) is 9.92. The highest BCUT2D eigenvalue weighted by molar-refractivity contribution is 7.89. The van der Waals surface area contributed by atoms with Gasteiger partial charge >= 0.3 is 0 Å². The van der Waals surface area contributed by atoms with E-state index >= 15 is 0 Å². The number of rotatable bonds is 5. The van der Waals surface area contributed by atoms with Gasteiger partial charge in [-0.1, -0.05) is 5.16 Å². The predicted molar refractivity (Wildman–Crippen MR) is 123 cm³/mol. The summed E-state index contributed by atoms with van der Waals surface area (Å²) >= 11 is 0. The molecule has 0 N–H and O–H groups in total. The molecule has 10 nitrogen and oxygen atoms in total. The number of hydrogen-bond acceptors (Lipinski definition) is 8. The van der Waals surface area contributed by atoms with E-state index in [-0.39, 0.29) is 16.7 Å². The van der Waals surface area contributed by atoms with Crippen LogP contribution < -0.4 is 0 Å². The second-order valence-corrected chi connectivity index (χ2v) is 10.7. The second kappa shape index (κ2) is 9.32. The predicted octanol–water partition coefficient (Wildman–Crippen LogP) is 2.29. The van der Waals surface area contributed by atoms with Gasteiger partial charge in [-0.2, -0.15) is 9.29 Å². The average Bonchev–Trinajstić information content (AvgIpc) is 3.57. The van der Waals surface area contributed by atoms with Gasteiger partial charge in [0.2, 0.25) is 21.7 Å². The van der Waals surface area contributed by atoms with Crippen molar-refractivity contribution in [1.29, 1.82) is 0 Å². The van der Waals surface area contributed by atoms with E-state index in [2.05, 4.69) is 15.0 Å². The van der Waals surface area contributed by atoms with Crippen molar-refractivity contribution in [2.24, 2.45) is 0 Å². The molecular formula is C23H27N5O5S. The van der Waals surface area contributed by atoms with E-state index in [1.54, 1.807) is 41.3 Å². The van der Waals surface area contributed by atoms with Crippen LogP contribution in [0.4, 0.5) is 0 Å². The first kappa shape index (κ1) is 22.8. The zero-order valence-corrected chi connectivity index (χ0v) is 19.8. The SMILES string of the molecule is CN1CCN(S(=O)(=O)c2ccc(-c3noc(C4CCCN(C(=O)c5ccco5)C4)n3)cc2)CC1.